The van der Waals surface area contributed by atoms with Crippen LogP contribution in [0.2, 0.25) is 0 Å². The smallest absolute Gasteiger partial charge is 0.119 e. The minimum absolute atomic E-state index is 0.425. The van der Waals surface area contributed by atoms with E-state index in [4.69, 9.17) is 4.74 Å². The first-order valence-corrected chi connectivity index (χ1v) is 5.60. The molecule has 0 amide bonds. The maximum Gasteiger partial charge on any atom is 0.119 e. The summed E-state index contributed by atoms with van der Waals surface area (Å²) >= 11 is 0. The summed E-state index contributed by atoms with van der Waals surface area (Å²) in [5.74, 6) is 1.27. The van der Waals surface area contributed by atoms with E-state index >= 15 is 0 Å². The van der Waals surface area contributed by atoms with Crippen molar-refractivity contribution in [3.05, 3.63) is 29.8 Å². The molecule has 0 saturated heterocycles. The standard InChI is InChI=1S/C13H18O2/c1-3-15-12-6-4-5-11(9-12)13(2,14)10-7-8-10/h4-6,9-10,14H,3,7-8H2,1-2H3/t13-/m1/s1. The topological polar surface area (TPSA) is 29.5 Å². The van der Waals surface area contributed by atoms with Gasteiger partial charge in [-0.1, -0.05) is 12.1 Å². The first-order chi connectivity index (χ1) is 7.14. The second kappa shape index (κ2) is 3.86. The fourth-order valence-corrected chi connectivity index (χ4v) is 1.95. The molecule has 82 valence electrons. The Morgan fingerprint density at radius 1 is 1.47 bits per heavy atom. The highest BCUT2D eigenvalue weighted by molar-refractivity contribution is 5.33. The van der Waals surface area contributed by atoms with E-state index in [1.54, 1.807) is 0 Å². The highest BCUT2D eigenvalue weighted by Gasteiger charge is 2.41. The molecule has 0 spiro atoms. The van der Waals surface area contributed by atoms with E-state index in [0.29, 0.717) is 12.5 Å². The van der Waals surface area contributed by atoms with Gasteiger partial charge in [0, 0.05) is 0 Å². The molecule has 2 nitrogen and oxygen atoms in total. The van der Waals surface area contributed by atoms with Crippen LogP contribution in [0.5, 0.6) is 5.75 Å². The third-order valence-corrected chi connectivity index (χ3v) is 3.10. The zero-order chi connectivity index (χ0) is 10.9. The minimum Gasteiger partial charge on any atom is -0.494 e. The number of aliphatic hydroxyl groups is 1. The van der Waals surface area contributed by atoms with Crippen LogP contribution in [-0.2, 0) is 5.60 Å². The van der Waals surface area contributed by atoms with E-state index in [9.17, 15) is 5.11 Å². The van der Waals surface area contributed by atoms with Crippen molar-refractivity contribution in [2.24, 2.45) is 5.92 Å². The molecule has 15 heavy (non-hydrogen) atoms. The van der Waals surface area contributed by atoms with Crippen LogP contribution in [0.1, 0.15) is 32.3 Å². The Labute approximate surface area is 90.9 Å². The fraction of sp³-hybridized carbons (Fsp3) is 0.538. The first-order valence-electron chi connectivity index (χ1n) is 5.60. The Kier molecular flexibility index (Phi) is 2.70. The van der Waals surface area contributed by atoms with Gasteiger partial charge < -0.3 is 9.84 Å². The van der Waals surface area contributed by atoms with Crippen molar-refractivity contribution in [3.63, 3.8) is 0 Å². The largest absolute Gasteiger partial charge is 0.494 e. The maximum absolute atomic E-state index is 10.4. The highest BCUT2D eigenvalue weighted by atomic mass is 16.5. The summed E-state index contributed by atoms with van der Waals surface area (Å²) in [6.45, 7) is 4.52. The van der Waals surface area contributed by atoms with Crippen LogP contribution in [-0.4, -0.2) is 11.7 Å². The lowest BCUT2D eigenvalue weighted by Gasteiger charge is -2.24. The molecule has 2 rings (SSSR count). The molecule has 1 aliphatic carbocycles. The molecule has 2 heteroatoms. The SMILES string of the molecule is CCOc1cccc([C@](C)(O)C2CC2)c1. The molecule has 0 aliphatic heterocycles. The average Bonchev–Trinajstić information content (AvgIpc) is 3.02. The molecule has 1 N–H and O–H groups in total. The summed E-state index contributed by atoms with van der Waals surface area (Å²) in [6, 6.07) is 7.79. The van der Waals surface area contributed by atoms with Crippen molar-refractivity contribution < 1.29 is 9.84 Å². The van der Waals surface area contributed by atoms with Crippen molar-refractivity contribution in [1.29, 1.82) is 0 Å². The number of rotatable bonds is 4. The van der Waals surface area contributed by atoms with E-state index in [2.05, 4.69) is 0 Å². The fourth-order valence-electron chi connectivity index (χ4n) is 1.95. The normalized spacial score (nSPS) is 19.7. The van der Waals surface area contributed by atoms with Crippen molar-refractivity contribution in [1.82, 2.24) is 0 Å². The number of ether oxygens (including phenoxy) is 1. The summed E-state index contributed by atoms with van der Waals surface area (Å²) < 4.78 is 5.43. The Morgan fingerprint density at radius 2 is 2.20 bits per heavy atom. The molecule has 1 fully saturated rings. The van der Waals surface area contributed by atoms with E-state index in [1.165, 1.54) is 0 Å². The number of hydrogen-bond donors (Lipinski definition) is 1. The van der Waals surface area contributed by atoms with Crippen LogP contribution in [0.3, 0.4) is 0 Å². The van der Waals surface area contributed by atoms with Gasteiger partial charge in [0.25, 0.3) is 0 Å². The summed E-state index contributed by atoms with van der Waals surface area (Å²) in [7, 11) is 0. The third-order valence-electron chi connectivity index (χ3n) is 3.10. The predicted octanol–water partition coefficient (Wildman–Crippen LogP) is 2.70. The van der Waals surface area contributed by atoms with Gasteiger partial charge in [-0.15, -0.1) is 0 Å². The van der Waals surface area contributed by atoms with Gasteiger partial charge in [-0.3, -0.25) is 0 Å². The lowest BCUT2D eigenvalue weighted by atomic mass is 9.91. The molecule has 0 aromatic heterocycles. The van der Waals surface area contributed by atoms with Gasteiger partial charge in [0.2, 0.25) is 0 Å². The van der Waals surface area contributed by atoms with Gasteiger partial charge in [-0.2, -0.15) is 0 Å². The molecule has 1 aliphatic rings. The summed E-state index contributed by atoms with van der Waals surface area (Å²) in [5, 5.41) is 10.4. The third kappa shape index (κ3) is 2.15. The van der Waals surface area contributed by atoms with Gasteiger partial charge in [0.15, 0.2) is 0 Å². The summed E-state index contributed by atoms with van der Waals surface area (Å²) in [6.07, 6.45) is 2.26. The van der Waals surface area contributed by atoms with Gasteiger partial charge in [0.1, 0.15) is 5.75 Å². The predicted molar refractivity (Wildman–Crippen MR) is 59.9 cm³/mol. The lowest BCUT2D eigenvalue weighted by molar-refractivity contribution is 0.0328. The minimum atomic E-state index is -0.687. The van der Waals surface area contributed by atoms with E-state index in [-0.39, 0.29) is 0 Å². The zero-order valence-electron chi connectivity index (χ0n) is 9.36. The number of benzene rings is 1. The lowest BCUT2D eigenvalue weighted by Crippen LogP contribution is -2.23. The molecular weight excluding hydrogens is 188 g/mol. The Balaban J connectivity index is 2.23. The van der Waals surface area contributed by atoms with Gasteiger partial charge in [-0.05, 0) is 50.3 Å². The quantitative estimate of drug-likeness (QED) is 0.820. The molecular formula is C13H18O2. The van der Waals surface area contributed by atoms with E-state index in [1.807, 2.05) is 38.1 Å². The Morgan fingerprint density at radius 3 is 2.80 bits per heavy atom. The van der Waals surface area contributed by atoms with Crippen molar-refractivity contribution in [2.45, 2.75) is 32.3 Å². The van der Waals surface area contributed by atoms with Gasteiger partial charge in [-0.25, -0.2) is 0 Å². The maximum atomic E-state index is 10.4. The Hall–Kier alpha value is -1.02. The molecule has 1 aromatic carbocycles. The van der Waals surface area contributed by atoms with Crippen LogP contribution in [0.15, 0.2) is 24.3 Å². The molecule has 0 heterocycles. The van der Waals surface area contributed by atoms with Crippen molar-refractivity contribution >= 4 is 0 Å². The number of hydrogen-bond acceptors (Lipinski definition) is 2. The summed E-state index contributed by atoms with van der Waals surface area (Å²) in [5.41, 5.74) is 0.281. The summed E-state index contributed by atoms with van der Waals surface area (Å²) in [4.78, 5) is 0. The molecule has 1 aromatic rings. The van der Waals surface area contributed by atoms with Gasteiger partial charge >= 0.3 is 0 Å². The molecule has 0 radical (unpaired) electrons. The van der Waals surface area contributed by atoms with E-state index in [0.717, 1.165) is 24.2 Å². The monoisotopic (exact) mass is 206 g/mol. The highest BCUT2D eigenvalue weighted by Crippen LogP contribution is 2.45. The Bertz CT molecular complexity index is 340. The van der Waals surface area contributed by atoms with Crippen LogP contribution in [0, 0.1) is 5.92 Å². The molecule has 0 bridgehead atoms. The van der Waals surface area contributed by atoms with Crippen LogP contribution >= 0.6 is 0 Å². The average molecular weight is 206 g/mol. The van der Waals surface area contributed by atoms with E-state index < -0.39 is 5.60 Å². The second-order valence-corrected chi connectivity index (χ2v) is 4.38. The van der Waals surface area contributed by atoms with Crippen LogP contribution < -0.4 is 4.74 Å². The van der Waals surface area contributed by atoms with Gasteiger partial charge in [0.05, 0.1) is 12.2 Å². The zero-order valence-corrected chi connectivity index (χ0v) is 9.36. The first kappa shape index (κ1) is 10.5. The van der Waals surface area contributed by atoms with Crippen molar-refractivity contribution in [3.8, 4) is 5.75 Å². The molecule has 1 atom stereocenters. The molecule has 1 saturated carbocycles. The van der Waals surface area contributed by atoms with Crippen LogP contribution in [0.4, 0.5) is 0 Å². The van der Waals surface area contributed by atoms with Crippen molar-refractivity contribution in [2.75, 3.05) is 6.61 Å². The second-order valence-electron chi connectivity index (χ2n) is 4.38. The van der Waals surface area contributed by atoms with Crippen LogP contribution in [0.25, 0.3) is 0 Å². The molecule has 0 unspecified atom stereocenters.